The van der Waals surface area contributed by atoms with Crippen molar-refractivity contribution in [2.24, 2.45) is 0 Å². The lowest BCUT2D eigenvalue weighted by Crippen LogP contribution is -2.35. The molecule has 3 rings (SSSR count). The van der Waals surface area contributed by atoms with Crippen molar-refractivity contribution in [2.45, 2.75) is 13.0 Å². The van der Waals surface area contributed by atoms with Gasteiger partial charge in [0.1, 0.15) is 5.69 Å². The van der Waals surface area contributed by atoms with Gasteiger partial charge >= 0.3 is 6.09 Å². The van der Waals surface area contributed by atoms with E-state index in [4.69, 9.17) is 5.11 Å². The topological polar surface area (TPSA) is 79.2 Å². The van der Waals surface area contributed by atoms with Crippen LogP contribution in [0.4, 0.5) is 4.79 Å². The van der Waals surface area contributed by atoms with Crippen molar-refractivity contribution in [1.82, 2.24) is 19.9 Å². The minimum absolute atomic E-state index is 0.346. The Bertz CT molecular complexity index is 660. The maximum absolute atomic E-state index is 11.0. The van der Waals surface area contributed by atoms with E-state index in [0.29, 0.717) is 31.0 Å². The molecular weight excluding hydrogens is 324 g/mol. The number of halogens is 1. The van der Waals surface area contributed by atoms with Gasteiger partial charge in [0, 0.05) is 35.4 Å². The number of fused-ring (bicyclic) bond motifs is 1. The molecule has 1 amide bonds. The predicted octanol–water partition coefficient (Wildman–Crippen LogP) is 2.34. The van der Waals surface area contributed by atoms with Crippen LogP contribution in [0.5, 0.6) is 0 Å². The molecule has 20 heavy (non-hydrogen) atoms. The van der Waals surface area contributed by atoms with Crippen molar-refractivity contribution in [3.05, 3.63) is 40.3 Å². The minimum atomic E-state index is -0.908. The summed E-state index contributed by atoms with van der Waals surface area (Å²) in [5.74, 6) is 0.569. The third-order valence-corrected chi connectivity index (χ3v) is 3.63. The zero-order chi connectivity index (χ0) is 14.1. The Morgan fingerprint density at radius 1 is 1.30 bits per heavy atom. The molecule has 2 aromatic rings. The van der Waals surface area contributed by atoms with Crippen LogP contribution in [0.15, 0.2) is 29.0 Å². The zero-order valence-corrected chi connectivity index (χ0v) is 12.0. The second kappa shape index (κ2) is 5.16. The number of nitrogens with zero attached hydrogens (tertiary/aromatic N) is 4. The molecule has 0 aromatic carbocycles. The summed E-state index contributed by atoms with van der Waals surface area (Å²) in [5.41, 5.74) is 2.47. The Balaban J connectivity index is 1.91. The number of rotatable bonds is 1. The number of hydrogen-bond donors (Lipinski definition) is 1. The van der Waals surface area contributed by atoms with E-state index in [1.54, 1.807) is 12.4 Å². The molecule has 0 saturated heterocycles. The highest BCUT2D eigenvalue weighted by atomic mass is 79.9. The van der Waals surface area contributed by atoms with E-state index in [1.165, 1.54) is 4.90 Å². The Morgan fingerprint density at radius 2 is 2.15 bits per heavy atom. The molecule has 0 bridgehead atoms. The van der Waals surface area contributed by atoms with E-state index in [1.807, 2.05) is 12.1 Å². The number of carboxylic acid groups (broad SMARTS) is 1. The van der Waals surface area contributed by atoms with Crippen molar-refractivity contribution in [3.63, 3.8) is 0 Å². The summed E-state index contributed by atoms with van der Waals surface area (Å²) in [7, 11) is 0. The van der Waals surface area contributed by atoms with Crippen molar-refractivity contribution in [3.8, 4) is 11.5 Å². The van der Waals surface area contributed by atoms with Crippen molar-refractivity contribution >= 4 is 22.0 Å². The Hall–Kier alpha value is -2.02. The highest BCUT2D eigenvalue weighted by molar-refractivity contribution is 9.10. The molecule has 0 unspecified atom stereocenters. The minimum Gasteiger partial charge on any atom is -0.465 e. The third kappa shape index (κ3) is 2.49. The van der Waals surface area contributed by atoms with Gasteiger partial charge in [-0.1, -0.05) is 0 Å². The van der Waals surface area contributed by atoms with Crippen LogP contribution < -0.4 is 0 Å². The molecule has 0 radical (unpaired) electrons. The Kier molecular flexibility index (Phi) is 3.35. The summed E-state index contributed by atoms with van der Waals surface area (Å²) in [6.07, 6.45) is 3.09. The van der Waals surface area contributed by atoms with Gasteiger partial charge in [-0.25, -0.2) is 14.8 Å². The van der Waals surface area contributed by atoms with Gasteiger partial charge in [-0.15, -0.1) is 0 Å². The molecule has 7 heteroatoms. The fourth-order valence-electron chi connectivity index (χ4n) is 2.11. The van der Waals surface area contributed by atoms with Crippen LogP contribution in [0.3, 0.4) is 0 Å². The Morgan fingerprint density at radius 3 is 2.85 bits per heavy atom. The van der Waals surface area contributed by atoms with Gasteiger partial charge in [-0.05, 0) is 28.1 Å². The molecular formula is C13H11BrN4O2. The van der Waals surface area contributed by atoms with Gasteiger partial charge in [0.2, 0.25) is 0 Å². The lowest BCUT2D eigenvalue weighted by molar-refractivity contribution is 0.139. The maximum Gasteiger partial charge on any atom is 0.407 e. The molecule has 1 aliphatic rings. The van der Waals surface area contributed by atoms with Crippen LogP contribution in [-0.4, -0.2) is 37.6 Å². The first kappa shape index (κ1) is 13.0. The van der Waals surface area contributed by atoms with Gasteiger partial charge in [0.15, 0.2) is 5.82 Å². The van der Waals surface area contributed by atoms with Crippen molar-refractivity contribution in [1.29, 1.82) is 0 Å². The smallest absolute Gasteiger partial charge is 0.407 e. The van der Waals surface area contributed by atoms with Crippen LogP contribution >= 0.6 is 15.9 Å². The van der Waals surface area contributed by atoms with Crippen LogP contribution in [0, 0.1) is 0 Å². The van der Waals surface area contributed by atoms with Crippen molar-refractivity contribution < 1.29 is 9.90 Å². The number of aromatic nitrogens is 3. The zero-order valence-electron chi connectivity index (χ0n) is 10.5. The van der Waals surface area contributed by atoms with Gasteiger partial charge < -0.3 is 10.0 Å². The van der Waals surface area contributed by atoms with E-state index in [9.17, 15) is 4.79 Å². The summed E-state index contributed by atoms with van der Waals surface area (Å²) in [5, 5.41) is 8.99. The maximum atomic E-state index is 11.0. The summed E-state index contributed by atoms with van der Waals surface area (Å²) in [6.45, 7) is 0.811. The first-order valence-electron chi connectivity index (χ1n) is 6.08. The number of amides is 1. The summed E-state index contributed by atoms with van der Waals surface area (Å²) in [4.78, 5) is 25.4. The molecule has 1 aliphatic heterocycles. The fourth-order valence-corrected chi connectivity index (χ4v) is 2.35. The molecule has 6 nitrogen and oxygen atoms in total. The normalized spacial score (nSPS) is 13.9. The van der Waals surface area contributed by atoms with Gasteiger partial charge in [0.05, 0.1) is 12.2 Å². The summed E-state index contributed by atoms with van der Waals surface area (Å²) < 4.78 is 0.899. The van der Waals surface area contributed by atoms with Crippen LogP contribution in [0.25, 0.3) is 11.5 Å². The van der Waals surface area contributed by atoms with Crippen LogP contribution in [0.1, 0.15) is 11.3 Å². The predicted molar refractivity (Wildman–Crippen MR) is 75.1 cm³/mol. The first-order chi connectivity index (χ1) is 9.63. The number of pyridine rings is 1. The standard InChI is InChI=1S/C13H11BrN4O2/c14-9-1-2-11(15-6-9)12-16-5-8-7-18(13(19)20)4-3-10(8)17-12/h1-2,5-6H,3-4,7H2,(H,19,20). The van der Waals surface area contributed by atoms with Gasteiger partial charge in [-0.3, -0.25) is 4.98 Å². The SMILES string of the molecule is O=C(O)N1CCc2nc(-c3ccc(Br)cn3)ncc2C1. The monoisotopic (exact) mass is 334 g/mol. The first-order valence-corrected chi connectivity index (χ1v) is 6.87. The molecule has 3 heterocycles. The van der Waals surface area contributed by atoms with E-state index in [-0.39, 0.29) is 0 Å². The highest BCUT2D eigenvalue weighted by Gasteiger charge is 2.21. The largest absolute Gasteiger partial charge is 0.465 e. The van der Waals surface area contributed by atoms with E-state index in [2.05, 4.69) is 30.9 Å². The van der Waals surface area contributed by atoms with E-state index >= 15 is 0 Å². The van der Waals surface area contributed by atoms with Gasteiger partial charge in [0.25, 0.3) is 0 Å². The number of hydrogen-bond acceptors (Lipinski definition) is 4. The van der Waals surface area contributed by atoms with E-state index in [0.717, 1.165) is 15.7 Å². The number of carbonyl (C=O) groups is 1. The van der Waals surface area contributed by atoms with Gasteiger partial charge in [-0.2, -0.15) is 0 Å². The molecule has 102 valence electrons. The molecule has 0 spiro atoms. The lowest BCUT2D eigenvalue weighted by Gasteiger charge is -2.25. The highest BCUT2D eigenvalue weighted by Crippen LogP contribution is 2.20. The van der Waals surface area contributed by atoms with Crippen LogP contribution in [-0.2, 0) is 13.0 Å². The van der Waals surface area contributed by atoms with Crippen molar-refractivity contribution in [2.75, 3.05) is 6.54 Å². The Labute approximate surface area is 123 Å². The fraction of sp³-hybridized carbons (Fsp3) is 0.231. The average molecular weight is 335 g/mol. The molecule has 0 aliphatic carbocycles. The molecule has 0 saturated carbocycles. The molecule has 0 fully saturated rings. The summed E-state index contributed by atoms with van der Waals surface area (Å²) >= 11 is 3.33. The second-order valence-corrected chi connectivity index (χ2v) is 5.40. The molecule has 2 aromatic heterocycles. The second-order valence-electron chi connectivity index (χ2n) is 4.48. The average Bonchev–Trinajstić information content (AvgIpc) is 2.47. The lowest BCUT2D eigenvalue weighted by atomic mass is 10.1. The quantitative estimate of drug-likeness (QED) is 0.865. The van der Waals surface area contributed by atoms with Crippen LogP contribution in [0.2, 0.25) is 0 Å². The summed E-state index contributed by atoms with van der Waals surface area (Å²) in [6, 6.07) is 3.73. The third-order valence-electron chi connectivity index (χ3n) is 3.16. The molecule has 1 N–H and O–H groups in total. The molecule has 0 atom stereocenters. The van der Waals surface area contributed by atoms with E-state index < -0.39 is 6.09 Å².